The SMILES string of the molecule is O=c1oc2ccc(-c3ccc(OC(F)(F)F)cc3)nc2n1CC1=CCN=C1. The molecule has 1 aliphatic rings. The van der Waals surface area contributed by atoms with Crippen LogP contribution in [0.1, 0.15) is 0 Å². The summed E-state index contributed by atoms with van der Waals surface area (Å²) in [6, 6.07) is 8.57. The molecule has 0 saturated carbocycles. The number of aliphatic imine (C=N–C) groups is 1. The van der Waals surface area contributed by atoms with Crippen molar-refractivity contribution in [3.05, 3.63) is 58.6 Å². The Morgan fingerprint density at radius 3 is 2.59 bits per heavy atom. The number of halogens is 3. The zero-order chi connectivity index (χ0) is 19.0. The van der Waals surface area contributed by atoms with Crippen LogP contribution in [0.5, 0.6) is 5.75 Å². The highest BCUT2D eigenvalue weighted by atomic mass is 19.4. The van der Waals surface area contributed by atoms with Crippen LogP contribution in [-0.4, -0.2) is 28.7 Å². The van der Waals surface area contributed by atoms with Gasteiger partial charge in [-0.05, 0) is 42.0 Å². The summed E-state index contributed by atoms with van der Waals surface area (Å²) in [4.78, 5) is 20.6. The van der Waals surface area contributed by atoms with Gasteiger partial charge in [0, 0.05) is 11.8 Å². The molecule has 0 fully saturated rings. The summed E-state index contributed by atoms with van der Waals surface area (Å²) in [5.41, 5.74) is 2.63. The summed E-state index contributed by atoms with van der Waals surface area (Å²) in [5.74, 6) is -0.857. The van der Waals surface area contributed by atoms with E-state index in [0.29, 0.717) is 29.0 Å². The summed E-state index contributed by atoms with van der Waals surface area (Å²) >= 11 is 0. The van der Waals surface area contributed by atoms with Gasteiger partial charge in [-0.15, -0.1) is 13.2 Å². The maximum absolute atomic E-state index is 12.3. The second-order valence-corrected chi connectivity index (χ2v) is 5.82. The van der Waals surface area contributed by atoms with Crippen molar-refractivity contribution in [2.45, 2.75) is 12.9 Å². The van der Waals surface area contributed by atoms with Gasteiger partial charge in [0.05, 0.1) is 18.8 Å². The van der Waals surface area contributed by atoms with Crippen LogP contribution in [0, 0.1) is 0 Å². The largest absolute Gasteiger partial charge is 0.573 e. The Morgan fingerprint density at radius 1 is 1.15 bits per heavy atom. The number of hydrogen-bond acceptors (Lipinski definition) is 5. The molecule has 0 unspecified atom stereocenters. The van der Waals surface area contributed by atoms with E-state index >= 15 is 0 Å². The topological polar surface area (TPSA) is 69.6 Å². The van der Waals surface area contributed by atoms with Crippen LogP contribution in [0.4, 0.5) is 13.2 Å². The highest BCUT2D eigenvalue weighted by Gasteiger charge is 2.31. The first-order valence-electron chi connectivity index (χ1n) is 7.94. The Morgan fingerprint density at radius 2 is 1.93 bits per heavy atom. The molecule has 6 nitrogen and oxygen atoms in total. The van der Waals surface area contributed by atoms with E-state index in [1.54, 1.807) is 18.3 Å². The molecule has 27 heavy (non-hydrogen) atoms. The molecule has 0 aliphatic carbocycles. The van der Waals surface area contributed by atoms with Crippen LogP contribution in [0.3, 0.4) is 0 Å². The summed E-state index contributed by atoms with van der Waals surface area (Å²) < 4.78 is 47.2. The number of rotatable bonds is 4. The van der Waals surface area contributed by atoms with Gasteiger partial charge in [-0.2, -0.15) is 0 Å². The molecule has 0 spiro atoms. The Kier molecular flexibility index (Phi) is 4.06. The molecular weight excluding hydrogens is 363 g/mol. The van der Waals surface area contributed by atoms with Crippen LogP contribution in [0.2, 0.25) is 0 Å². The number of ether oxygens (including phenoxy) is 1. The van der Waals surface area contributed by atoms with E-state index in [9.17, 15) is 18.0 Å². The lowest BCUT2D eigenvalue weighted by Gasteiger charge is -2.09. The van der Waals surface area contributed by atoms with Gasteiger partial charge in [-0.25, -0.2) is 9.78 Å². The van der Waals surface area contributed by atoms with Crippen molar-refractivity contribution in [3.63, 3.8) is 0 Å². The molecule has 2 aromatic heterocycles. The molecule has 138 valence electrons. The summed E-state index contributed by atoms with van der Waals surface area (Å²) in [6.45, 7) is 0.856. The van der Waals surface area contributed by atoms with Gasteiger partial charge in [0.1, 0.15) is 5.75 Å². The fraction of sp³-hybridized carbons (Fsp3) is 0.167. The van der Waals surface area contributed by atoms with Gasteiger partial charge in [-0.1, -0.05) is 6.08 Å². The fourth-order valence-electron chi connectivity index (χ4n) is 2.75. The Balaban J connectivity index is 1.68. The van der Waals surface area contributed by atoms with Crippen molar-refractivity contribution < 1.29 is 22.3 Å². The van der Waals surface area contributed by atoms with Crippen LogP contribution in [0.15, 0.2) is 62.3 Å². The molecule has 1 aliphatic heterocycles. The minimum absolute atomic E-state index is 0.282. The van der Waals surface area contributed by atoms with Crippen LogP contribution >= 0.6 is 0 Å². The van der Waals surface area contributed by atoms with Crippen LogP contribution in [0.25, 0.3) is 22.5 Å². The number of oxazole rings is 1. The van der Waals surface area contributed by atoms with Gasteiger partial charge in [0.25, 0.3) is 0 Å². The number of aromatic nitrogens is 2. The average molecular weight is 375 g/mol. The maximum Gasteiger partial charge on any atom is 0.573 e. The Labute approximate surface area is 150 Å². The maximum atomic E-state index is 12.3. The summed E-state index contributed by atoms with van der Waals surface area (Å²) in [5, 5.41) is 0. The zero-order valence-electron chi connectivity index (χ0n) is 13.7. The molecule has 0 N–H and O–H groups in total. The molecule has 4 rings (SSSR count). The molecule has 0 saturated heterocycles. The molecule has 0 radical (unpaired) electrons. The van der Waals surface area contributed by atoms with E-state index in [-0.39, 0.29) is 12.3 Å². The second-order valence-electron chi connectivity index (χ2n) is 5.82. The monoisotopic (exact) mass is 375 g/mol. The van der Waals surface area contributed by atoms with Gasteiger partial charge in [0.15, 0.2) is 11.2 Å². The highest BCUT2D eigenvalue weighted by molar-refractivity contribution is 5.81. The van der Waals surface area contributed by atoms with Gasteiger partial charge >= 0.3 is 12.1 Å². The van der Waals surface area contributed by atoms with E-state index in [1.807, 2.05) is 6.08 Å². The summed E-state index contributed by atoms with van der Waals surface area (Å²) in [7, 11) is 0. The molecule has 3 heterocycles. The predicted molar refractivity (Wildman–Crippen MR) is 91.8 cm³/mol. The van der Waals surface area contributed by atoms with Crippen molar-refractivity contribution in [3.8, 4) is 17.0 Å². The third-order valence-electron chi connectivity index (χ3n) is 3.95. The molecule has 9 heteroatoms. The first-order chi connectivity index (χ1) is 12.9. The quantitative estimate of drug-likeness (QED) is 0.699. The van der Waals surface area contributed by atoms with E-state index in [1.165, 1.54) is 28.8 Å². The number of benzene rings is 1. The van der Waals surface area contributed by atoms with E-state index in [4.69, 9.17) is 4.42 Å². The average Bonchev–Trinajstić information content (AvgIpc) is 3.23. The van der Waals surface area contributed by atoms with Crippen molar-refractivity contribution in [1.82, 2.24) is 9.55 Å². The minimum atomic E-state index is -4.75. The number of pyridine rings is 1. The third kappa shape index (κ3) is 3.62. The van der Waals surface area contributed by atoms with Crippen molar-refractivity contribution >= 4 is 17.4 Å². The van der Waals surface area contributed by atoms with Crippen LogP contribution in [-0.2, 0) is 6.54 Å². The molecule has 3 aromatic rings. The normalized spacial score (nSPS) is 14.0. The fourth-order valence-corrected chi connectivity index (χ4v) is 2.75. The molecule has 0 bridgehead atoms. The number of nitrogens with zero attached hydrogens (tertiary/aromatic N) is 3. The number of hydrogen-bond donors (Lipinski definition) is 0. The molecule has 0 amide bonds. The van der Waals surface area contributed by atoms with Gasteiger partial charge in [-0.3, -0.25) is 9.56 Å². The molecule has 1 aromatic carbocycles. The van der Waals surface area contributed by atoms with E-state index < -0.39 is 12.1 Å². The minimum Gasteiger partial charge on any atom is -0.406 e. The lowest BCUT2D eigenvalue weighted by molar-refractivity contribution is -0.274. The Bertz CT molecular complexity index is 1110. The second kappa shape index (κ2) is 6.42. The molecular formula is C18H12F3N3O3. The predicted octanol–water partition coefficient (Wildman–Crippen LogP) is 3.57. The van der Waals surface area contributed by atoms with Gasteiger partial charge in [0.2, 0.25) is 0 Å². The van der Waals surface area contributed by atoms with Gasteiger partial charge < -0.3 is 9.15 Å². The molecule has 0 atom stereocenters. The van der Waals surface area contributed by atoms with Crippen molar-refractivity contribution in [2.75, 3.05) is 6.54 Å². The standard InChI is InChI=1S/C18H12F3N3O3/c19-18(20,21)27-13-3-1-12(2-4-13)14-5-6-15-16(23-14)24(17(25)26-15)10-11-7-8-22-9-11/h1-7,9H,8,10H2. The highest BCUT2D eigenvalue weighted by Crippen LogP contribution is 2.26. The summed E-state index contributed by atoms with van der Waals surface area (Å²) in [6.07, 6.45) is -1.16. The van der Waals surface area contributed by atoms with E-state index in [0.717, 1.165) is 5.57 Å². The zero-order valence-corrected chi connectivity index (χ0v) is 13.7. The Hall–Kier alpha value is -3.36. The smallest absolute Gasteiger partial charge is 0.406 e. The van der Waals surface area contributed by atoms with Crippen molar-refractivity contribution in [2.24, 2.45) is 4.99 Å². The van der Waals surface area contributed by atoms with Crippen molar-refractivity contribution in [1.29, 1.82) is 0 Å². The number of alkyl halides is 3. The first-order valence-corrected chi connectivity index (χ1v) is 7.94. The third-order valence-corrected chi connectivity index (χ3v) is 3.95. The lowest BCUT2D eigenvalue weighted by Crippen LogP contribution is -2.17. The number of fused-ring (bicyclic) bond motifs is 1. The number of allylic oxidation sites excluding steroid dienone is 1. The van der Waals surface area contributed by atoms with E-state index in [2.05, 4.69) is 14.7 Å². The first kappa shape index (κ1) is 17.1. The van der Waals surface area contributed by atoms with Crippen LogP contribution < -0.4 is 10.5 Å². The lowest BCUT2D eigenvalue weighted by atomic mass is 10.1.